The number of fused-ring (bicyclic) bond motifs is 11. The predicted molar refractivity (Wildman–Crippen MR) is 118 cm³/mol. The monoisotopic (exact) mass is 420 g/mol. The molecule has 0 radical (unpaired) electrons. The second-order valence-electron chi connectivity index (χ2n) is 10.8. The molecule has 2 aromatic carbocycles. The number of ether oxygens (including phenoxy) is 2. The smallest absolute Gasteiger partial charge is 0.130 e. The van der Waals surface area contributed by atoms with E-state index in [2.05, 4.69) is 24.3 Å². The third-order valence-electron chi connectivity index (χ3n) is 10.5. The van der Waals surface area contributed by atoms with Crippen molar-refractivity contribution in [1.29, 1.82) is 0 Å². The topological polar surface area (TPSA) is 58.9 Å². The first-order chi connectivity index (χ1) is 15.2. The second kappa shape index (κ2) is 6.39. The van der Waals surface area contributed by atoms with Crippen LogP contribution in [0, 0.1) is 47.3 Å². The highest BCUT2D eigenvalue weighted by Crippen LogP contribution is 2.79. The first kappa shape index (κ1) is 18.8. The Kier molecular flexibility index (Phi) is 3.86. The van der Waals surface area contributed by atoms with Crippen LogP contribution in [0.5, 0.6) is 11.5 Å². The average molecular weight is 421 g/mol. The van der Waals surface area contributed by atoms with Gasteiger partial charge < -0.3 is 19.7 Å². The van der Waals surface area contributed by atoms with Crippen molar-refractivity contribution in [3.63, 3.8) is 0 Å². The van der Waals surface area contributed by atoms with Crippen molar-refractivity contribution < 1.29 is 19.7 Å². The maximum Gasteiger partial charge on any atom is 0.130 e. The molecule has 31 heavy (non-hydrogen) atoms. The number of benzene rings is 2. The third kappa shape index (κ3) is 2.01. The summed E-state index contributed by atoms with van der Waals surface area (Å²) in [6, 6.07) is 8.50. The summed E-state index contributed by atoms with van der Waals surface area (Å²) >= 11 is 0. The fraction of sp³-hybridized carbons (Fsp3) is 0.630. The molecule has 10 atom stereocenters. The first-order valence-electron chi connectivity index (χ1n) is 12.1. The van der Waals surface area contributed by atoms with E-state index in [9.17, 15) is 10.2 Å². The number of aliphatic hydroxyl groups is 2. The molecule has 0 saturated heterocycles. The zero-order valence-electron chi connectivity index (χ0n) is 18.3. The van der Waals surface area contributed by atoms with Gasteiger partial charge in [-0.3, -0.25) is 0 Å². The minimum absolute atomic E-state index is 0.236. The van der Waals surface area contributed by atoms with Crippen LogP contribution >= 0.6 is 0 Å². The Morgan fingerprint density at radius 3 is 1.58 bits per heavy atom. The van der Waals surface area contributed by atoms with Gasteiger partial charge in [0.2, 0.25) is 0 Å². The maximum absolute atomic E-state index is 10.2. The zero-order valence-corrected chi connectivity index (χ0v) is 18.3. The van der Waals surface area contributed by atoms with Crippen molar-refractivity contribution in [3.8, 4) is 11.5 Å². The van der Waals surface area contributed by atoms with Gasteiger partial charge in [-0.2, -0.15) is 0 Å². The van der Waals surface area contributed by atoms with Crippen LogP contribution in [0.25, 0.3) is 10.8 Å². The fourth-order valence-electron chi connectivity index (χ4n) is 9.86. The Labute approximate surface area is 183 Å². The van der Waals surface area contributed by atoms with Gasteiger partial charge in [-0.25, -0.2) is 0 Å². The summed E-state index contributed by atoms with van der Waals surface area (Å²) in [4.78, 5) is 0. The van der Waals surface area contributed by atoms with Gasteiger partial charge in [0, 0.05) is 35.1 Å². The quantitative estimate of drug-likeness (QED) is 0.779. The zero-order chi connectivity index (χ0) is 21.0. The van der Waals surface area contributed by atoms with E-state index in [-0.39, 0.29) is 25.0 Å². The highest BCUT2D eigenvalue weighted by molar-refractivity contribution is 5.98. The van der Waals surface area contributed by atoms with E-state index in [0.717, 1.165) is 22.3 Å². The molecule has 6 aliphatic carbocycles. The van der Waals surface area contributed by atoms with Gasteiger partial charge in [0.15, 0.2) is 0 Å². The van der Waals surface area contributed by atoms with Crippen molar-refractivity contribution >= 4 is 10.8 Å². The third-order valence-corrected chi connectivity index (χ3v) is 10.5. The summed E-state index contributed by atoms with van der Waals surface area (Å²) in [5.74, 6) is 7.78. The second-order valence-corrected chi connectivity index (χ2v) is 10.8. The van der Waals surface area contributed by atoms with Crippen molar-refractivity contribution in [2.24, 2.45) is 47.3 Å². The number of hydrogen-bond acceptors (Lipinski definition) is 4. The molecule has 6 aliphatic rings. The van der Waals surface area contributed by atoms with E-state index in [1.54, 1.807) is 0 Å². The Hall–Kier alpha value is -1.78. The highest BCUT2D eigenvalue weighted by atomic mass is 16.5. The van der Waals surface area contributed by atoms with Gasteiger partial charge in [-0.15, -0.1) is 0 Å². The van der Waals surface area contributed by atoms with Crippen molar-refractivity contribution in [3.05, 3.63) is 35.4 Å². The lowest BCUT2D eigenvalue weighted by atomic mass is 9.43. The highest BCUT2D eigenvalue weighted by Gasteiger charge is 2.71. The number of aliphatic hydroxyl groups excluding tert-OH is 2. The summed E-state index contributed by atoms with van der Waals surface area (Å²) in [6.07, 6.45) is 3.77. The SMILES string of the molecule is COc1c2c(c(OC)c3ccccc13)[C@H]1[C@H]3C[C@@H]([C@@H]21)[C@@H]1[C@@H]2CC[C@@H]([C@@H](CO)[C@@H]2CO)[C@H]31. The molecule has 4 nitrogen and oxygen atoms in total. The molecule has 8 rings (SSSR count). The normalized spacial score (nSPS) is 43.4. The van der Waals surface area contributed by atoms with E-state index >= 15 is 0 Å². The van der Waals surface area contributed by atoms with Crippen LogP contribution in [-0.4, -0.2) is 37.6 Å². The molecular weight excluding hydrogens is 388 g/mol. The van der Waals surface area contributed by atoms with Crippen LogP contribution in [-0.2, 0) is 0 Å². The van der Waals surface area contributed by atoms with Crippen LogP contribution in [0.2, 0.25) is 0 Å². The van der Waals surface area contributed by atoms with Crippen LogP contribution in [0.3, 0.4) is 0 Å². The molecule has 0 amide bonds. The maximum atomic E-state index is 10.2. The van der Waals surface area contributed by atoms with Crippen LogP contribution < -0.4 is 9.47 Å². The molecule has 4 heteroatoms. The van der Waals surface area contributed by atoms with Crippen LogP contribution in [0.4, 0.5) is 0 Å². The van der Waals surface area contributed by atoms with Gasteiger partial charge in [0.25, 0.3) is 0 Å². The Balaban J connectivity index is 1.40. The van der Waals surface area contributed by atoms with Crippen molar-refractivity contribution in [1.82, 2.24) is 0 Å². The minimum atomic E-state index is 0.236. The van der Waals surface area contributed by atoms with Gasteiger partial charge >= 0.3 is 0 Å². The largest absolute Gasteiger partial charge is 0.496 e. The van der Waals surface area contributed by atoms with Crippen molar-refractivity contribution in [2.75, 3.05) is 27.4 Å². The predicted octanol–water partition coefficient (Wildman–Crippen LogP) is 4.18. The Morgan fingerprint density at radius 2 is 1.19 bits per heavy atom. The lowest BCUT2D eigenvalue weighted by Gasteiger charge is -2.62. The Bertz CT molecular complexity index is 980. The summed E-state index contributed by atoms with van der Waals surface area (Å²) in [7, 11) is 3.63. The number of rotatable bonds is 4. The first-order valence-corrected chi connectivity index (χ1v) is 12.1. The van der Waals surface area contributed by atoms with Crippen LogP contribution in [0.15, 0.2) is 24.3 Å². The molecule has 2 aromatic rings. The standard InChI is InChI=1S/C27H32O4/c1-30-26-14-5-3-4-6-15(14)27(31-2)25-23-17-9-16(22(23)24(25)26)20-12-7-8-13(21(17)20)19(11-29)18(12)10-28/h3-6,12-13,16-23,28-29H,7-11H2,1-2H3/t12-,13+,16-,17+,18-,19-,20+,21-,22-,23+/m1/s1. The van der Waals surface area contributed by atoms with Gasteiger partial charge in [0.1, 0.15) is 11.5 Å². The molecule has 164 valence electrons. The molecule has 0 aromatic heterocycles. The molecule has 5 saturated carbocycles. The van der Waals surface area contributed by atoms with Gasteiger partial charge in [0.05, 0.1) is 14.2 Å². The summed E-state index contributed by atoms with van der Waals surface area (Å²) in [5, 5.41) is 22.8. The van der Waals surface area contributed by atoms with Crippen LogP contribution in [0.1, 0.15) is 42.2 Å². The van der Waals surface area contributed by atoms with E-state index < -0.39 is 0 Å². The summed E-state index contributed by atoms with van der Waals surface area (Å²) in [6.45, 7) is 0.471. The van der Waals surface area contributed by atoms with E-state index in [1.807, 2.05) is 14.2 Å². The molecule has 2 N–H and O–H groups in total. The lowest BCUT2D eigenvalue weighted by molar-refractivity contribution is -0.134. The summed E-state index contributed by atoms with van der Waals surface area (Å²) < 4.78 is 12.1. The number of hydrogen-bond donors (Lipinski definition) is 2. The van der Waals surface area contributed by atoms with Gasteiger partial charge in [-0.1, -0.05) is 24.3 Å². The average Bonchev–Trinajstić information content (AvgIpc) is 3.34. The number of methoxy groups -OCH3 is 2. The molecule has 0 heterocycles. The van der Waals surface area contributed by atoms with Crippen molar-refractivity contribution in [2.45, 2.75) is 31.1 Å². The molecule has 0 unspecified atom stereocenters. The molecule has 5 fully saturated rings. The van der Waals surface area contributed by atoms with E-state index in [0.29, 0.717) is 47.3 Å². The Morgan fingerprint density at radius 1 is 0.742 bits per heavy atom. The van der Waals surface area contributed by atoms with E-state index in [4.69, 9.17) is 9.47 Å². The van der Waals surface area contributed by atoms with Gasteiger partial charge in [-0.05, 0) is 78.4 Å². The molecule has 0 spiro atoms. The lowest BCUT2D eigenvalue weighted by Crippen LogP contribution is -2.57. The fourth-order valence-corrected chi connectivity index (χ4v) is 9.86. The molecule has 0 aliphatic heterocycles. The van der Waals surface area contributed by atoms with E-state index in [1.165, 1.54) is 30.4 Å². The minimum Gasteiger partial charge on any atom is -0.496 e. The summed E-state index contributed by atoms with van der Waals surface area (Å²) in [5.41, 5.74) is 2.82. The molecular formula is C27H32O4. The molecule has 4 bridgehead atoms.